The summed E-state index contributed by atoms with van der Waals surface area (Å²) in [5.41, 5.74) is 2.93. The van der Waals surface area contributed by atoms with Crippen LogP contribution in [0.15, 0.2) is 53.5 Å². The molecule has 9 heteroatoms. The Morgan fingerprint density at radius 2 is 1.77 bits per heavy atom. The molecule has 0 spiro atoms. The zero-order valence-corrected chi connectivity index (χ0v) is 18.6. The van der Waals surface area contributed by atoms with E-state index in [-0.39, 0.29) is 28.7 Å². The van der Waals surface area contributed by atoms with Gasteiger partial charge in [-0.2, -0.15) is 0 Å². The third-order valence-corrected chi connectivity index (χ3v) is 8.43. The van der Waals surface area contributed by atoms with Crippen LogP contribution in [0.25, 0.3) is 0 Å². The van der Waals surface area contributed by atoms with Gasteiger partial charge in [-0.3, -0.25) is 9.79 Å². The Labute approximate surface area is 185 Å². The molecule has 2 atom stereocenters. The van der Waals surface area contributed by atoms with Crippen molar-refractivity contribution in [2.45, 2.75) is 24.1 Å². The molecule has 0 unspecified atom stereocenters. The number of sulfone groups is 1. The monoisotopic (exact) mass is 463 g/mol. The summed E-state index contributed by atoms with van der Waals surface area (Å²) in [6.07, 6.45) is 1.08. The molecule has 2 aliphatic heterocycles. The largest absolute Gasteiger partial charge is 0.355 e. The summed E-state index contributed by atoms with van der Waals surface area (Å²) in [5, 5.41) is 7.66. The number of thioether (sulfide) groups is 1. The third kappa shape index (κ3) is 5.56. The Morgan fingerprint density at radius 1 is 1.07 bits per heavy atom. The SMILES string of the molecule is O=C(Cc1ccc(NC2=N[C@@H]3CS(=O)(=O)C[C@@H]3S2)cc1)NCCc1ccc(Cl)cc1. The summed E-state index contributed by atoms with van der Waals surface area (Å²) < 4.78 is 23.3. The molecule has 2 N–H and O–H groups in total. The number of amides is 1. The first-order valence-corrected chi connectivity index (χ1v) is 12.8. The van der Waals surface area contributed by atoms with Gasteiger partial charge in [0.2, 0.25) is 5.91 Å². The topological polar surface area (TPSA) is 87.6 Å². The minimum absolute atomic E-state index is 0.0190. The van der Waals surface area contributed by atoms with E-state index in [1.807, 2.05) is 48.5 Å². The number of fused-ring (bicyclic) bond motifs is 1. The number of carbonyl (C=O) groups is 1. The lowest BCUT2D eigenvalue weighted by molar-refractivity contribution is -0.120. The van der Waals surface area contributed by atoms with Crippen molar-refractivity contribution in [2.24, 2.45) is 4.99 Å². The first kappa shape index (κ1) is 21.2. The van der Waals surface area contributed by atoms with Crippen molar-refractivity contribution >= 4 is 50.0 Å². The highest BCUT2D eigenvalue weighted by Crippen LogP contribution is 2.34. The molecule has 2 heterocycles. The minimum atomic E-state index is -2.94. The summed E-state index contributed by atoms with van der Waals surface area (Å²) in [7, 11) is -2.94. The highest BCUT2D eigenvalue weighted by atomic mass is 35.5. The molecule has 2 aliphatic rings. The molecule has 2 aromatic carbocycles. The Kier molecular flexibility index (Phi) is 6.36. The van der Waals surface area contributed by atoms with Crippen LogP contribution in [-0.2, 0) is 27.5 Å². The van der Waals surface area contributed by atoms with Gasteiger partial charge in [-0.25, -0.2) is 8.42 Å². The van der Waals surface area contributed by atoms with Gasteiger partial charge in [-0.1, -0.05) is 47.6 Å². The molecular formula is C21H22ClN3O3S2. The fourth-order valence-electron chi connectivity index (χ4n) is 3.49. The van der Waals surface area contributed by atoms with Gasteiger partial charge in [0.1, 0.15) is 0 Å². The lowest BCUT2D eigenvalue weighted by atomic mass is 10.1. The number of halogens is 1. The molecule has 0 bridgehead atoms. The van der Waals surface area contributed by atoms with Crippen LogP contribution >= 0.6 is 23.4 Å². The number of rotatable bonds is 6. The zero-order chi connectivity index (χ0) is 21.1. The summed E-state index contributed by atoms with van der Waals surface area (Å²) in [5.74, 6) is 0.319. The maximum atomic E-state index is 12.2. The third-order valence-electron chi connectivity index (χ3n) is 5.04. The van der Waals surface area contributed by atoms with Crippen LogP contribution < -0.4 is 10.6 Å². The van der Waals surface area contributed by atoms with E-state index in [9.17, 15) is 13.2 Å². The number of anilines is 1. The predicted octanol–water partition coefficient (Wildman–Crippen LogP) is 2.92. The summed E-state index contributed by atoms with van der Waals surface area (Å²) in [6, 6.07) is 15.1. The smallest absolute Gasteiger partial charge is 0.224 e. The molecule has 1 fully saturated rings. The van der Waals surface area contributed by atoms with Crippen LogP contribution in [0.3, 0.4) is 0 Å². The molecule has 4 rings (SSSR count). The van der Waals surface area contributed by atoms with E-state index < -0.39 is 9.84 Å². The number of nitrogens with zero attached hydrogens (tertiary/aromatic N) is 1. The summed E-state index contributed by atoms with van der Waals surface area (Å²) in [4.78, 5) is 16.7. The van der Waals surface area contributed by atoms with Gasteiger partial charge in [0.05, 0.1) is 24.0 Å². The molecule has 1 amide bonds. The lowest BCUT2D eigenvalue weighted by Crippen LogP contribution is -2.27. The van der Waals surface area contributed by atoms with Crippen molar-refractivity contribution in [2.75, 3.05) is 23.4 Å². The van der Waals surface area contributed by atoms with Gasteiger partial charge >= 0.3 is 0 Å². The number of aliphatic imine (C=N–C) groups is 1. The van der Waals surface area contributed by atoms with Gasteiger partial charge < -0.3 is 10.6 Å². The highest BCUT2D eigenvalue weighted by Gasteiger charge is 2.42. The zero-order valence-electron chi connectivity index (χ0n) is 16.2. The predicted molar refractivity (Wildman–Crippen MR) is 123 cm³/mol. The molecule has 0 radical (unpaired) electrons. The van der Waals surface area contributed by atoms with E-state index in [1.54, 1.807) is 0 Å². The van der Waals surface area contributed by atoms with Crippen molar-refractivity contribution in [1.82, 2.24) is 5.32 Å². The highest BCUT2D eigenvalue weighted by molar-refractivity contribution is 8.15. The van der Waals surface area contributed by atoms with Crippen LogP contribution in [0.1, 0.15) is 11.1 Å². The molecular weight excluding hydrogens is 442 g/mol. The standard InChI is InChI=1S/C21H22ClN3O3S2/c22-16-5-1-14(2-6-16)9-10-23-20(26)11-15-3-7-17(8-4-15)24-21-25-18-12-30(27,28)13-19(18)29-21/h1-8,18-19H,9-13H2,(H,23,26)(H,24,25)/t18-,19+/m1/s1. The second kappa shape index (κ2) is 8.99. The van der Waals surface area contributed by atoms with Gasteiger partial charge in [-0.05, 0) is 41.8 Å². The molecule has 158 valence electrons. The van der Waals surface area contributed by atoms with Crippen LogP contribution in [0, 0.1) is 0 Å². The van der Waals surface area contributed by atoms with Crippen molar-refractivity contribution in [3.8, 4) is 0 Å². The van der Waals surface area contributed by atoms with Crippen molar-refractivity contribution < 1.29 is 13.2 Å². The van der Waals surface area contributed by atoms with E-state index in [0.29, 0.717) is 18.0 Å². The summed E-state index contributed by atoms with van der Waals surface area (Å²) >= 11 is 7.36. The van der Waals surface area contributed by atoms with E-state index in [1.165, 1.54) is 11.8 Å². The normalized spacial score (nSPS) is 21.7. The molecule has 0 aliphatic carbocycles. The van der Waals surface area contributed by atoms with Crippen molar-refractivity contribution in [3.63, 3.8) is 0 Å². The van der Waals surface area contributed by atoms with E-state index in [2.05, 4.69) is 15.6 Å². The first-order valence-electron chi connectivity index (χ1n) is 9.68. The van der Waals surface area contributed by atoms with Crippen molar-refractivity contribution in [1.29, 1.82) is 0 Å². The van der Waals surface area contributed by atoms with Crippen LogP contribution in [-0.4, -0.2) is 48.8 Å². The Balaban J connectivity index is 1.23. The fraction of sp³-hybridized carbons (Fsp3) is 0.333. The molecule has 0 aromatic heterocycles. The maximum absolute atomic E-state index is 12.2. The van der Waals surface area contributed by atoms with E-state index in [4.69, 9.17) is 11.6 Å². The number of hydrogen-bond acceptors (Lipinski definition) is 6. The Bertz CT molecular complexity index is 1050. The number of benzene rings is 2. The van der Waals surface area contributed by atoms with E-state index in [0.717, 1.165) is 28.4 Å². The Hall–Kier alpha value is -2.03. The van der Waals surface area contributed by atoms with Crippen LogP contribution in [0.2, 0.25) is 5.02 Å². The molecule has 1 saturated heterocycles. The molecule has 0 saturated carbocycles. The molecule has 30 heavy (non-hydrogen) atoms. The number of amidine groups is 1. The van der Waals surface area contributed by atoms with Crippen LogP contribution in [0.4, 0.5) is 5.69 Å². The van der Waals surface area contributed by atoms with Gasteiger partial charge in [0.15, 0.2) is 15.0 Å². The fourth-order valence-corrected chi connectivity index (χ4v) is 7.29. The number of carbonyl (C=O) groups excluding carboxylic acids is 1. The lowest BCUT2D eigenvalue weighted by Gasteiger charge is -2.09. The molecule has 6 nitrogen and oxygen atoms in total. The second-order valence-electron chi connectivity index (χ2n) is 7.46. The average molecular weight is 464 g/mol. The first-order chi connectivity index (χ1) is 14.4. The van der Waals surface area contributed by atoms with Crippen LogP contribution in [0.5, 0.6) is 0 Å². The quantitative estimate of drug-likeness (QED) is 0.687. The summed E-state index contributed by atoms with van der Waals surface area (Å²) in [6.45, 7) is 0.579. The van der Waals surface area contributed by atoms with Gasteiger partial charge in [-0.15, -0.1) is 0 Å². The van der Waals surface area contributed by atoms with Gasteiger partial charge in [0, 0.05) is 22.5 Å². The van der Waals surface area contributed by atoms with Gasteiger partial charge in [0.25, 0.3) is 0 Å². The number of nitrogens with one attached hydrogen (secondary N) is 2. The minimum Gasteiger partial charge on any atom is -0.355 e. The molecule has 2 aromatic rings. The second-order valence-corrected chi connectivity index (χ2v) is 11.3. The maximum Gasteiger partial charge on any atom is 0.224 e. The Morgan fingerprint density at radius 3 is 2.47 bits per heavy atom. The van der Waals surface area contributed by atoms with Crippen molar-refractivity contribution in [3.05, 3.63) is 64.7 Å². The van der Waals surface area contributed by atoms with E-state index >= 15 is 0 Å². The average Bonchev–Trinajstić information content (AvgIpc) is 3.17. The number of hydrogen-bond donors (Lipinski definition) is 2.